The van der Waals surface area contributed by atoms with Crippen molar-refractivity contribution in [1.82, 2.24) is 9.88 Å². The Labute approximate surface area is 161 Å². The van der Waals surface area contributed by atoms with Crippen molar-refractivity contribution >= 4 is 61.2 Å². The highest BCUT2D eigenvalue weighted by Crippen LogP contribution is 2.32. The van der Waals surface area contributed by atoms with Gasteiger partial charge in [0, 0.05) is 38.3 Å². The molecule has 1 fully saturated rings. The van der Waals surface area contributed by atoms with E-state index in [0.29, 0.717) is 35.4 Å². The minimum Gasteiger partial charge on any atom is -0.345 e. The zero-order chi connectivity index (χ0) is 18.3. The first-order chi connectivity index (χ1) is 12.5. The number of thiazole rings is 1. The molecule has 1 aliphatic heterocycles. The van der Waals surface area contributed by atoms with E-state index in [1.807, 2.05) is 4.90 Å². The first-order valence-corrected chi connectivity index (χ1v) is 9.87. The van der Waals surface area contributed by atoms with E-state index in [1.54, 1.807) is 24.3 Å². The Morgan fingerprint density at radius 3 is 2.58 bits per heavy atom. The number of rotatable bonds is 3. The van der Waals surface area contributed by atoms with E-state index in [-0.39, 0.29) is 11.6 Å². The van der Waals surface area contributed by atoms with Crippen molar-refractivity contribution < 1.29 is 9.72 Å². The van der Waals surface area contributed by atoms with Crippen LogP contribution in [0.2, 0.25) is 4.34 Å². The van der Waals surface area contributed by atoms with E-state index in [9.17, 15) is 14.9 Å². The number of carbonyl (C=O) groups excluding carboxylic acids is 1. The summed E-state index contributed by atoms with van der Waals surface area (Å²) >= 11 is 8.63. The number of hydrogen-bond donors (Lipinski definition) is 0. The molecule has 0 unspecified atom stereocenters. The van der Waals surface area contributed by atoms with Crippen LogP contribution in [0.4, 0.5) is 10.8 Å². The quantitative estimate of drug-likeness (QED) is 0.485. The summed E-state index contributed by atoms with van der Waals surface area (Å²) in [7, 11) is 0. The predicted octanol–water partition coefficient (Wildman–Crippen LogP) is 3.88. The first-order valence-electron chi connectivity index (χ1n) is 7.86. The van der Waals surface area contributed by atoms with Crippen LogP contribution in [-0.4, -0.2) is 46.9 Å². The molecule has 0 atom stereocenters. The molecule has 2 aromatic heterocycles. The fourth-order valence-corrected chi connectivity index (χ4v) is 4.90. The number of nitro benzene ring substituents is 1. The standard InChI is InChI=1S/C16H13ClN4O3S2/c17-14-4-3-12(25-14)15(22)19-5-7-20(8-6-19)16-18-11-2-1-10(21(23)24)9-13(11)26-16/h1-4,9H,5-8H2. The lowest BCUT2D eigenvalue weighted by Gasteiger charge is -2.34. The summed E-state index contributed by atoms with van der Waals surface area (Å²) in [5.74, 6) is 0.00137. The topological polar surface area (TPSA) is 79.6 Å². The van der Waals surface area contributed by atoms with Crippen molar-refractivity contribution in [3.8, 4) is 0 Å². The van der Waals surface area contributed by atoms with Gasteiger partial charge in [-0.05, 0) is 18.2 Å². The van der Waals surface area contributed by atoms with Crippen molar-refractivity contribution in [2.24, 2.45) is 0 Å². The number of non-ortho nitro benzene ring substituents is 1. The van der Waals surface area contributed by atoms with E-state index in [2.05, 4.69) is 9.88 Å². The van der Waals surface area contributed by atoms with Crippen LogP contribution in [0.3, 0.4) is 0 Å². The Morgan fingerprint density at radius 1 is 1.15 bits per heavy atom. The maximum Gasteiger partial charge on any atom is 0.270 e. The molecule has 0 bridgehead atoms. The van der Waals surface area contributed by atoms with E-state index >= 15 is 0 Å². The van der Waals surface area contributed by atoms with Crippen LogP contribution >= 0.6 is 34.3 Å². The summed E-state index contributed by atoms with van der Waals surface area (Å²) in [4.78, 5) is 32.1. The van der Waals surface area contributed by atoms with Gasteiger partial charge in [-0.1, -0.05) is 22.9 Å². The number of piperazine rings is 1. The summed E-state index contributed by atoms with van der Waals surface area (Å²) in [6, 6.07) is 8.18. The normalized spacial score (nSPS) is 14.8. The zero-order valence-corrected chi connectivity index (χ0v) is 15.8. The summed E-state index contributed by atoms with van der Waals surface area (Å²) < 4.78 is 1.40. The molecule has 134 valence electrons. The Hall–Kier alpha value is -2.23. The molecular weight excluding hydrogens is 396 g/mol. The van der Waals surface area contributed by atoms with Crippen LogP contribution in [0.1, 0.15) is 9.67 Å². The van der Waals surface area contributed by atoms with E-state index < -0.39 is 4.92 Å². The number of carbonyl (C=O) groups is 1. The lowest BCUT2D eigenvalue weighted by molar-refractivity contribution is -0.384. The number of nitro groups is 1. The monoisotopic (exact) mass is 408 g/mol. The highest BCUT2D eigenvalue weighted by Gasteiger charge is 2.25. The van der Waals surface area contributed by atoms with Gasteiger partial charge in [0.2, 0.25) is 0 Å². The number of benzene rings is 1. The Bertz CT molecular complexity index is 994. The van der Waals surface area contributed by atoms with Gasteiger partial charge in [0.15, 0.2) is 5.13 Å². The molecular formula is C16H13ClN4O3S2. The third-order valence-electron chi connectivity index (χ3n) is 4.19. The maximum absolute atomic E-state index is 12.5. The fraction of sp³-hybridized carbons (Fsp3) is 0.250. The van der Waals surface area contributed by atoms with Gasteiger partial charge in [0.05, 0.1) is 24.4 Å². The van der Waals surface area contributed by atoms with E-state index in [0.717, 1.165) is 15.3 Å². The van der Waals surface area contributed by atoms with Gasteiger partial charge in [-0.3, -0.25) is 14.9 Å². The van der Waals surface area contributed by atoms with E-state index in [4.69, 9.17) is 11.6 Å². The molecule has 0 saturated carbocycles. The van der Waals surface area contributed by atoms with Crippen LogP contribution in [0, 0.1) is 10.1 Å². The molecule has 1 aromatic carbocycles. The molecule has 1 aliphatic rings. The van der Waals surface area contributed by atoms with Crippen LogP contribution in [0.5, 0.6) is 0 Å². The lowest BCUT2D eigenvalue weighted by atomic mass is 10.3. The molecule has 26 heavy (non-hydrogen) atoms. The number of nitrogens with zero attached hydrogens (tertiary/aromatic N) is 4. The van der Waals surface area contributed by atoms with E-state index in [1.165, 1.54) is 28.7 Å². The number of amides is 1. The molecule has 4 rings (SSSR count). The Morgan fingerprint density at radius 2 is 1.92 bits per heavy atom. The molecule has 1 amide bonds. The zero-order valence-electron chi connectivity index (χ0n) is 13.4. The van der Waals surface area contributed by atoms with Gasteiger partial charge in [0.1, 0.15) is 0 Å². The SMILES string of the molecule is O=C(c1ccc(Cl)s1)N1CCN(c2nc3ccc([N+](=O)[O-])cc3s2)CC1. The predicted molar refractivity (Wildman–Crippen MR) is 104 cm³/mol. The fourth-order valence-electron chi connectivity index (χ4n) is 2.84. The van der Waals surface area contributed by atoms with Crippen molar-refractivity contribution in [1.29, 1.82) is 0 Å². The van der Waals surface area contributed by atoms with Gasteiger partial charge in [-0.25, -0.2) is 4.98 Å². The van der Waals surface area contributed by atoms with Crippen molar-refractivity contribution in [2.75, 3.05) is 31.1 Å². The summed E-state index contributed by atoms with van der Waals surface area (Å²) in [6.45, 7) is 2.55. The van der Waals surface area contributed by atoms with Crippen LogP contribution < -0.4 is 4.90 Å². The molecule has 3 heterocycles. The molecule has 0 aliphatic carbocycles. The van der Waals surface area contributed by atoms with Gasteiger partial charge < -0.3 is 9.80 Å². The van der Waals surface area contributed by atoms with Gasteiger partial charge >= 0.3 is 0 Å². The lowest BCUT2D eigenvalue weighted by Crippen LogP contribution is -2.48. The summed E-state index contributed by atoms with van der Waals surface area (Å²) in [5.41, 5.74) is 0.819. The molecule has 0 radical (unpaired) electrons. The van der Waals surface area contributed by atoms with Gasteiger partial charge in [0.25, 0.3) is 11.6 Å². The maximum atomic E-state index is 12.5. The minimum atomic E-state index is -0.403. The van der Waals surface area contributed by atoms with Gasteiger partial charge in [-0.2, -0.15) is 0 Å². The Balaban J connectivity index is 1.47. The number of aromatic nitrogens is 1. The smallest absolute Gasteiger partial charge is 0.270 e. The largest absolute Gasteiger partial charge is 0.345 e. The molecule has 7 nitrogen and oxygen atoms in total. The molecule has 0 N–H and O–H groups in total. The second-order valence-corrected chi connectivity index (χ2v) is 8.51. The summed E-state index contributed by atoms with van der Waals surface area (Å²) in [6.07, 6.45) is 0. The average molecular weight is 409 g/mol. The third kappa shape index (κ3) is 3.25. The first kappa shape index (κ1) is 17.2. The van der Waals surface area contributed by atoms with Crippen molar-refractivity contribution in [3.05, 3.63) is 49.7 Å². The molecule has 0 spiro atoms. The van der Waals surface area contributed by atoms with Crippen LogP contribution in [0.15, 0.2) is 30.3 Å². The number of hydrogen-bond acceptors (Lipinski definition) is 7. The highest BCUT2D eigenvalue weighted by atomic mass is 35.5. The Kier molecular flexibility index (Phi) is 4.51. The molecule has 10 heteroatoms. The highest BCUT2D eigenvalue weighted by molar-refractivity contribution is 7.22. The molecule has 3 aromatic rings. The number of thiophene rings is 1. The van der Waals surface area contributed by atoms with Gasteiger partial charge in [-0.15, -0.1) is 11.3 Å². The summed E-state index contributed by atoms with van der Waals surface area (Å²) in [5, 5.41) is 11.7. The second kappa shape index (κ2) is 6.82. The van der Waals surface area contributed by atoms with Crippen molar-refractivity contribution in [2.45, 2.75) is 0 Å². The van der Waals surface area contributed by atoms with Crippen LogP contribution in [-0.2, 0) is 0 Å². The van der Waals surface area contributed by atoms with Crippen LogP contribution in [0.25, 0.3) is 10.2 Å². The number of anilines is 1. The number of fused-ring (bicyclic) bond motifs is 1. The molecule has 1 saturated heterocycles. The van der Waals surface area contributed by atoms with Crippen molar-refractivity contribution in [3.63, 3.8) is 0 Å². The third-order valence-corrected chi connectivity index (χ3v) is 6.49. The second-order valence-electron chi connectivity index (χ2n) is 5.79. The number of halogens is 1. The average Bonchev–Trinajstić information content (AvgIpc) is 3.26. The minimum absolute atomic E-state index is 0.00137.